The molecule has 0 saturated heterocycles. The van der Waals surface area contributed by atoms with E-state index in [2.05, 4.69) is 69.4 Å². The van der Waals surface area contributed by atoms with Gasteiger partial charge in [0.25, 0.3) is 0 Å². The van der Waals surface area contributed by atoms with Crippen LogP contribution in [-0.4, -0.2) is 37.9 Å². The van der Waals surface area contributed by atoms with Crippen LogP contribution in [0, 0.1) is 0 Å². The van der Waals surface area contributed by atoms with E-state index in [0.29, 0.717) is 19.4 Å². The molecule has 0 N–H and O–H groups in total. The molecular weight excluding hydrogens is 645 g/mol. The molecule has 0 heterocycles. The average molecular weight is 729 g/mol. The van der Waals surface area contributed by atoms with E-state index < -0.39 is 6.10 Å². The summed E-state index contributed by atoms with van der Waals surface area (Å²) in [4.78, 5) is 25.2. The number of carbonyl (C=O) groups excluding carboxylic acids is 2. The van der Waals surface area contributed by atoms with Crippen molar-refractivity contribution in [3.8, 4) is 0 Å². The topological polar surface area (TPSA) is 61.8 Å². The molecule has 0 saturated carbocycles. The Labute approximate surface area is 322 Å². The highest BCUT2D eigenvalue weighted by Gasteiger charge is 2.17. The molecule has 0 radical (unpaired) electrons. The Morgan fingerprint density at radius 2 is 0.846 bits per heavy atom. The maximum atomic E-state index is 12.7. The van der Waals surface area contributed by atoms with Gasteiger partial charge in [0.2, 0.25) is 0 Å². The third-order valence-corrected chi connectivity index (χ3v) is 9.29. The fourth-order valence-corrected chi connectivity index (χ4v) is 5.92. The average Bonchev–Trinajstić information content (AvgIpc) is 3.14. The zero-order valence-electron chi connectivity index (χ0n) is 34.6. The van der Waals surface area contributed by atoms with Crippen molar-refractivity contribution in [3.05, 3.63) is 48.6 Å². The smallest absolute Gasteiger partial charge is 0.306 e. The monoisotopic (exact) mass is 729 g/mol. The summed E-state index contributed by atoms with van der Waals surface area (Å²) in [6, 6.07) is 0. The van der Waals surface area contributed by atoms with Crippen LogP contribution in [0.4, 0.5) is 0 Å². The summed E-state index contributed by atoms with van der Waals surface area (Å²) in [5.74, 6) is -0.428. The van der Waals surface area contributed by atoms with Crippen LogP contribution in [0.25, 0.3) is 0 Å². The Morgan fingerprint density at radius 1 is 0.423 bits per heavy atom. The van der Waals surface area contributed by atoms with E-state index in [1.54, 1.807) is 0 Å². The van der Waals surface area contributed by atoms with Crippen molar-refractivity contribution in [3.63, 3.8) is 0 Å². The highest BCUT2D eigenvalue weighted by molar-refractivity contribution is 5.70. The van der Waals surface area contributed by atoms with Crippen molar-refractivity contribution in [2.45, 2.75) is 219 Å². The van der Waals surface area contributed by atoms with E-state index in [0.717, 1.165) is 70.6 Å². The minimum atomic E-state index is -0.545. The van der Waals surface area contributed by atoms with Crippen molar-refractivity contribution in [2.75, 3.05) is 19.8 Å². The number of rotatable bonds is 40. The molecule has 302 valence electrons. The fraction of sp³-hybridized carbons (Fsp3) is 0.787. The molecular formula is C47H84O5. The van der Waals surface area contributed by atoms with Crippen LogP contribution in [0.1, 0.15) is 213 Å². The molecule has 52 heavy (non-hydrogen) atoms. The Kier molecular flexibility index (Phi) is 41.5. The number of hydrogen-bond donors (Lipinski definition) is 0. The van der Waals surface area contributed by atoms with Gasteiger partial charge in [0.15, 0.2) is 6.10 Å². The summed E-state index contributed by atoms with van der Waals surface area (Å²) in [6.45, 7) is 7.66. The Balaban J connectivity index is 4.29. The van der Waals surface area contributed by atoms with Gasteiger partial charge in [-0.2, -0.15) is 0 Å². The van der Waals surface area contributed by atoms with Crippen LogP contribution in [0.3, 0.4) is 0 Å². The van der Waals surface area contributed by atoms with Gasteiger partial charge < -0.3 is 14.2 Å². The van der Waals surface area contributed by atoms with Gasteiger partial charge in [0.1, 0.15) is 6.61 Å². The highest BCUT2D eigenvalue weighted by atomic mass is 16.6. The second-order valence-electron chi connectivity index (χ2n) is 14.6. The lowest BCUT2D eigenvalue weighted by Crippen LogP contribution is -2.30. The first-order valence-electron chi connectivity index (χ1n) is 22.2. The third-order valence-electron chi connectivity index (χ3n) is 9.29. The molecule has 0 aromatic carbocycles. The number of unbranched alkanes of at least 4 members (excludes halogenated alkanes) is 21. The van der Waals surface area contributed by atoms with Crippen LogP contribution < -0.4 is 0 Å². The number of hydrogen-bond acceptors (Lipinski definition) is 5. The number of carbonyl (C=O) groups is 2. The lowest BCUT2D eigenvalue weighted by Gasteiger charge is -2.18. The lowest BCUT2D eigenvalue weighted by molar-refractivity contribution is -0.163. The van der Waals surface area contributed by atoms with E-state index >= 15 is 0 Å². The quantitative estimate of drug-likeness (QED) is 0.0357. The summed E-state index contributed by atoms with van der Waals surface area (Å²) >= 11 is 0. The van der Waals surface area contributed by atoms with Gasteiger partial charge in [-0.25, -0.2) is 0 Å². The molecule has 0 fully saturated rings. The SMILES string of the molecule is CCC/C=C\C/C=C\CCCCCCCC(=O)OCC(COCCCCCCCC/C=C\CCCC)OC(=O)CCCCCCC/C=C\CCCC. The molecule has 0 aromatic heterocycles. The molecule has 0 spiro atoms. The van der Waals surface area contributed by atoms with Crippen molar-refractivity contribution in [2.24, 2.45) is 0 Å². The lowest BCUT2D eigenvalue weighted by atomic mass is 10.1. The zero-order valence-corrected chi connectivity index (χ0v) is 34.6. The predicted molar refractivity (Wildman–Crippen MR) is 224 cm³/mol. The van der Waals surface area contributed by atoms with Crippen LogP contribution in [0.5, 0.6) is 0 Å². The number of ether oxygens (including phenoxy) is 3. The Hall–Kier alpha value is -2.14. The van der Waals surface area contributed by atoms with Gasteiger partial charge in [-0.1, -0.05) is 166 Å². The first-order chi connectivity index (χ1) is 25.6. The molecule has 0 aromatic rings. The Bertz CT molecular complexity index is 873. The van der Waals surface area contributed by atoms with Crippen LogP contribution in [0.15, 0.2) is 48.6 Å². The van der Waals surface area contributed by atoms with Crippen molar-refractivity contribution >= 4 is 11.9 Å². The van der Waals surface area contributed by atoms with Crippen molar-refractivity contribution < 1.29 is 23.8 Å². The first kappa shape index (κ1) is 49.9. The molecule has 0 aliphatic rings. The largest absolute Gasteiger partial charge is 0.462 e. The molecule has 0 aliphatic heterocycles. The van der Waals surface area contributed by atoms with E-state index in [9.17, 15) is 9.59 Å². The van der Waals surface area contributed by atoms with E-state index in [1.165, 1.54) is 109 Å². The van der Waals surface area contributed by atoms with Crippen LogP contribution >= 0.6 is 0 Å². The minimum Gasteiger partial charge on any atom is -0.462 e. The standard InChI is InChI=1S/C47H84O5/c1-4-7-10-13-16-19-22-24-26-28-31-34-37-40-46(48)51-44-45(43-50-42-39-36-33-30-27-23-20-17-14-11-8-5-2)52-47(49)41-38-35-32-29-25-21-18-15-12-9-6-3/h10,13-15,17-19,22,45H,4-9,11-12,16,20-21,23-44H2,1-3H3/b13-10-,17-14-,18-15-,22-19-. The summed E-state index contributed by atoms with van der Waals surface area (Å²) in [5, 5.41) is 0. The van der Waals surface area contributed by atoms with Gasteiger partial charge in [0, 0.05) is 19.4 Å². The van der Waals surface area contributed by atoms with Crippen molar-refractivity contribution in [1.29, 1.82) is 0 Å². The summed E-state index contributed by atoms with van der Waals surface area (Å²) in [7, 11) is 0. The molecule has 1 atom stereocenters. The minimum absolute atomic E-state index is 0.0726. The third kappa shape index (κ3) is 40.6. The summed E-state index contributed by atoms with van der Waals surface area (Å²) < 4.78 is 17.3. The molecule has 0 rings (SSSR count). The van der Waals surface area contributed by atoms with Gasteiger partial charge in [-0.15, -0.1) is 0 Å². The summed E-state index contributed by atoms with van der Waals surface area (Å²) in [6.07, 6.45) is 51.0. The maximum Gasteiger partial charge on any atom is 0.306 e. The first-order valence-corrected chi connectivity index (χ1v) is 22.2. The molecule has 0 bridgehead atoms. The Morgan fingerprint density at radius 3 is 1.37 bits per heavy atom. The molecule has 5 heteroatoms. The van der Waals surface area contributed by atoms with Gasteiger partial charge in [0.05, 0.1) is 6.61 Å². The molecule has 0 amide bonds. The van der Waals surface area contributed by atoms with E-state index in [-0.39, 0.29) is 25.2 Å². The second kappa shape index (κ2) is 43.3. The van der Waals surface area contributed by atoms with Crippen LogP contribution in [-0.2, 0) is 23.8 Å². The zero-order chi connectivity index (χ0) is 37.8. The fourth-order valence-electron chi connectivity index (χ4n) is 5.92. The number of esters is 2. The van der Waals surface area contributed by atoms with E-state index in [4.69, 9.17) is 14.2 Å². The highest BCUT2D eigenvalue weighted by Crippen LogP contribution is 2.13. The molecule has 1 unspecified atom stereocenters. The van der Waals surface area contributed by atoms with Gasteiger partial charge >= 0.3 is 11.9 Å². The summed E-state index contributed by atoms with van der Waals surface area (Å²) in [5.41, 5.74) is 0. The molecule has 0 aliphatic carbocycles. The second-order valence-corrected chi connectivity index (χ2v) is 14.6. The normalized spacial score (nSPS) is 12.6. The molecule has 5 nitrogen and oxygen atoms in total. The van der Waals surface area contributed by atoms with Gasteiger partial charge in [-0.3, -0.25) is 9.59 Å². The van der Waals surface area contributed by atoms with Crippen LogP contribution in [0.2, 0.25) is 0 Å². The van der Waals surface area contributed by atoms with Gasteiger partial charge in [-0.05, 0) is 83.5 Å². The number of allylic oxidation sites excluding steroid dienone is 8. The van der Waals surface area contributed by atoms with E-state index in [1.807, 2.05) is 0 Å². The van der Waals surface area contributed by atoms with Crippen molar-refractivity contribution in [1.82, 2.24) is 0 Å². The maximum absolute atomic E-state index is 12.7. The predicted octanol–water partition coefficient (Wildman–Crippen LogP) is 14.4.